The zero-order valence-electron chi connectivity index (χ0n) is 10.3. The first-order chi connectivity index (χ1) is 9.61. The normalized spacial score (nSPS) is 10.8. The standard InChI is InChI=1S/C15H10FNO2S/c16-11-3-1-2-9(6-11)7-14-17-12-5-4-10(15(18)19)8-13(12)20-14/h1-6,8H,7H2,(H,18,19). The Morgan fingerprint density at radius 1 is 1.25 bits per heavy atom. The Morgan fingerprint density at radius 3 is 2.85 bits per heavy atom. The molecule has 1 aromatic heterocycles. The molecule has 0 saturated heterocycles. The number of thiazole rings is 1. The molecule has 0 amide bonds. The number of hydrogen-bond donors (Lipinski definition) is 1. The number of fused-ring (bicyclic) bond motifs is 1. The SMILES string of the molecule is O=C(O)c1ccc2nc(Cc3cccc(F)c3)sc2c1. The molecular weight excluding hydrogens is 277 g/mol. The van der Waals surface area contributed by atoms with Gasteiger partial charge in [-0.05, 0) is 35.9 Å². The monoisotopic (exact) mass is 287 g/mol. The van der Waals surface area contributed by atoms with E-state index >= 15 is 0 Å². The van der Waals surface area contributed by atoms with Gasteiger partial charge in [0.15, 0.2) is 0 Å². The van der Waals surface area contributed by atoms with Gasteiger partial charge in [0.2, 0.25) is 0 Å². The molecule has 0 unspecified atom stereocenters. The summed E-state index contributed by atoms with van der Waals surface area (Å²) in [5.41, 5.74) is 1.87. The van der Waals surface area contributed by atoms with E-state index in [1.807, 2.05) is 6.07 Å². The van der Waals surface area contributed by atoms with Gasteiger partial charge in [0.1, 0.15) is 5.82 Å². The van der Waals surface area contributed by atoms with Crippen LogP contribution in [-0.4, -0.2) is 16.1 Å². The highest BCUT2D eigenvalue weighted by atomic mass is 32.1. The molecule has 0 aliphatic carbocycles. The molecule has 1 heterocycles. The molecule has 3 aromatic rings. The predicted octanol–water partition coefficient (Wildman–Crippen LogP) is 3.72. The minimum absolute atomic E-state index is 0.249. The second-order valence-corrected chi connectivity index (χ2v) is 5.52. The summed E-state index contributed by atoms with van der Waals surface area (Å²) in [6.07, 6.45) is 0.541. The molecule has 2 aromatic carbocycles. The van der Waals surface area contributed by atoms with Crippen LogP contribution in [0.1, 0.15) is 20.9 Å². The van der Waals surface area contributed by atoms with Gasteiger partial charge in [-0.3, -0.25) is 0 Å². The summed E-state index contributed by atoms with van der Waals surface area (Å²) in [6, 6.07) is 11.2. The maximum atomic E-state index is 13.1. The highest BCUT2D eigenvalue weighted by molar-refractivity contribution is 7.18. The number of halogens is 1. The van der Waals surface area contributed by atoms with Crippen LogP contribution in [0.25, 0.3) is 10.2 Å². The van der Waals surface area contributed by atoms with Gasteiger partial charge in [-0.2, -0.15) is 0 Å². The molecule has 0 spiro atoms. The Balaban J connectivity index is 1.95. The summed E-state index contributed by atoms with van der Waals surface area (Å²) >= 11 is 1.43. The van der Waals surface area contributed by atoms with Crippen molar-refractivity contribution in [3.63, 3.8) is 0 Å². The van der Waals surface area contributed by atoms with Crippen LogP contribution in [0, 0.1) is 5.82 Å². The van der Waals surface area contributed by atoms with Gasteiger partial charge in [-0.1, -0.05) is 12.1 Å². The molecule has 0 aliphatic rings. The van der Waals surface area contributed by atoms with Crippen LogP contribution < -0.4 is 0 Å². The van der Waals surface area contributed by atoms with E-state index in [2.05, 4.69) is 4.98 Å². The lowest BCUT2D eigenvalue weighted by Crippen LogP contribution is -1.94. The molecule has 0 bridgehead atoms. The Morgan fingerprint density at radius 2 is 2.10 bits per heavy atom. The largest absolute Gasteiger partial charge is 0.478 e. The van der Waals surface area contributed by atoms with E-state index in [0.29, 0.717) is 6.42 Å². The molecule has 0 saturated carbocycles. The number of carboxylic acid groups (broad SMARTS) is 1. The van der Waals surface area contributed by atoms with Crippen LogP contribution in [0.2, 0.25) is 0 Å². The molecular formula is C15H10FNO2S. The Hall–Kier alpha value is -2.27. The highest BCUT2D eigenvalue weighted by Crippen LogP contribution is 2.25. The summed E-state index contributed by atoms with van der Waals surface area (Å²) in [5, 5.41) is 9.80. The molecule has 0 fully saturated rings. The number of hydrogen-bond acceptors (Lipinski definition) is 3. The Bertz CT molecular complexity index is 797. The van der Waals surface area contributed by atoms with Gasteiger partial charge in [0, 0.05) is 6.42 Å². The third-order valence-corrected chi connectivity index (χ3v) is 3.94. The van der Waals surface area contributed by atoms with Crippen LogP contribution in [0.15, 0.2) is 42.5 Å². The predicted molar refractivity (Wildman–Crippen MR) is 75.8 cm³/mol. The van der Waals surface area contributed by atoms with Gasteiger partial charge >= 0.3 is 5.97 Å². The first kappa shape index (κ1) is 12.7. The van der Waals surface area contributed by atoms with Crippen molar-refractivity contribution in [1.82, 2.24) is 4.98 Å². The quantitative estimate of drug-likeness (QED) is 0.798. The minimum Gasteiger partial charge on any atom is -0.478 e. The molecule has 0 atom stereocenters. The lowest BCUT2D eigenvalue weighted by Gasteiger charge is -1.97. The third kappa shape index (κ3) is 2.53. The van der Waals surface area contributed by atoms with Gasteiger partial charge in [-0.15, -0.1) is 11.3 Å². The van der Waals surface area contributed by atoms with Crippen LogP contribution in [0.3, 0.4) is 0 Å². The molecule has 3 nitrogen and oxygen atoms in total. The van der Waals surface area contributed by atoms with Crippen molar-refractivity contribution in [2.75, 3.05) is 0 Å². The highest BCUT2D eigenvalue weighted by Gasteiger charge is 2.09. The maximum Gasteiger partial charge on any atom is 0.335 e. The molecule has 3 rings (SSSR count). The fourth-order valence-electron chi connectivity index (χ4n) is 2.00. The first-order valence-corrected chi connectivity index (χ1v) is 6.81. The van der Waals surface area contributed by atoms with Crippen molar-refractivity contribution in [3.8, 4) is 0 Å². The van der Waals surface area contributed by atoms with Gasteiger partial charge in [0.25, 0.3) is 0 Å². The fourth-order valence-corrected chi connectivity index (χ4v) is 3.04. The second kappa shape index (κ2) is 5.02. The minimum atomic E-state index is -0.952. The van der Waals surface area contributed by atoms with E-state index in [-0.39, 0.29) is 11.4 Å². The first-order valence-electron chi connectivity index (χ1n) is 5.99. The number of aromatic carboxylic acids is 1. The van der Waals surface area contributed by atoms with Crippen molar-refractivity contribution in [3.05, 3.63) is 64.4 Å². The molecule has 0 aliphatic heterocycles. The van der Waals surface area contributed by atoms with Gasteiger partial charge < -0.3 is 5.11 Å². The van der Waals surface area contributed by atoms with Crippen molar-refractivity contribution in [2.24, 2.45) is 0 Å². The lowest BCUT2D eigenvalue weighted by atomic mass is 10.1. The number of aromatic nitrogens is 1. The van der Waals surface area contributed by atoms with E-state index in [0.717, 1.165) is 20.8 Å². The van der Waals surface area contributed by atoms with Gasteiger partial charge in [0.05, 0.1) is 20.8 Å². The smallest absolute Gasteiger partial charge is 0.335 e. The number of carbonyl (C=O) groups is 1. The molecule has 5 heteroatoms. The average Bonchev–Trinajstić information content (AvgIpc) is 2.79. The van der Waals surface area contributed by atoms with E-state index in [1.165, 1.54) is 29.5 Å². The van der Waals surface area contributed by atoms with Crippen molar-refractivity contribution < 1.29 is 14.3 Å². The summed E-state index contributed by atoms with van der Waals surface area (Å²) in [7, 11) is 0. The van der Waals surface area contributed by atoms with Crippen LogP contribution in [0.5, 0.6) is 0 Å². The van der Waals surface area contributed by atoms with E-state index in [9.17, 15) is 9.18 Å². The zero-order chi connectivity index (χ0) is 14.1. The number of rotatable bonds is 3. The average molecular weight is 287 g/mol. The second-order valence-electron chi connectivity index (χ2n) is 4.40. The van der Waals surface area contributed by atoms with E-state index in [1.54, 1.807) is 18.2 Å². The topological polar surface area (TPSA) is 50.2 Å². The van der Waals surface area contributed by atoms with Crippen LogP contribution >= 0.6 is 11.3 Å². The fraction of sp³-hybridized carbons (Fsp3) is 0.0667. The van der Waals surface area contributed by atoms with Crippen molar-refractivity contribution in [2.45, 2.75) is 6.42 Å². The van der Waals surface area contributed by atoms with Crippen LogP contribution in [0.4, 0.5) is 4.39 Å². The van der Waals surface area contributed by atoms with E-state index in [4.69, 9.17) is 5.11 Å². The number of carboxylic acids is 1. The Labute approximate surface area is 118 Å². The molecule has 0 radical (unpaired) electrons. The number of benzene rings is 2. The summed E-state index contributed by atoms with van der Waals surface area (Å²) < 4.78 is 14.0. The summed E-state index contributed by atoms with van der Waals surface area (Å²) in [6.45, 7) is 0. The third-order valence-electron chi connectivity index (χ3n) is 2.92. The van der Waals surface area contributed by atoms with Crippen molar-refractivity contribution in [1.29, 1.82) is 0 Å². The molecule has 100 valence electrons. The van der Waals surface area contributed by atoms with Crippen LogP contribution in [-0.2, 0) is 6.42 Å². The number of nitrogens with zero attached hydrogens (tertiary/aromatic N) is 1. The Kier molecular flexibility index (Phi) is 3.20. The zero-order valence-corrected chi connectivity index (χ0v) is 11.2. The van der Waals surface area contributed by atoms with Gasteiger partial charge in [-0.25, -0.2) is 14.2 Å². The maximum absolute atomic E-state index is 13.1. The lowest BCUT2D eigenvalue weighted by molar-refractivity contribution is 0.0697. The molecule has 20 heavy (non-hydrogen) atoms. The molecule has 1 N–H and O–H groups in total. The summed E-state index contributed by atoms with van der Waals surface area (Å²) in [5.74, 6) is -1.22. The van der Waals surface area contributed by atoms with Crippen molar-refractivity contribution >= 4 is 27.5 Å². The van der Waals surface area contributed by atoms with E-state index < -0.39 is 5.97 Å². The summed E-state index contributed by atoms with van der Waals surface area (Å²) in [4.78, 5) is 15.4.